The highest BCUT2D eigenvalue weighted by atomic mass is 16.5. The fraction of sp³-hybridized carbons (Fsp3) is 0.562. The lowest BCUT2D eigenvalue weighted by Gasteiger charge is -2.18. The number of benzene rings is 1. The summed E-state index contributed by atoms with van der Waals surface area (Å²) in [7, 11) is 0. The van der Waals surface area contributed by atoms with Gasteiger partial charge < -0.3 is 9.94 Å². The Hall–Kier alpha value is -1.51. The number of oxime groups is 1. The molecule has 0 aromatic heterocycles. The third-order valence-corrected chi connectivity index (χ3v) is 3.69. The zero-order valence-electron chi connectivity index (χ0n) is 11.9. The number of hydrogen-bond acceptors (Lipinski definition) is 3. The number of fused-ring (bicyclic) bond motifs is 1. The van der Waals surface area contributed by atoms with Crippen LogP contribution in [0.25, 0.3) is 0 Å². The minimum absolute atomic E-state index is 0.576. The van der Waals surface area contributed by atoms with Crippen molar-refractivity contribution in [1.29, 1.82) is 0 Å². The molecule has 1 aromatic rings. The predicted octanol–water partition coefficient (Wildman–Crippen LogP) is 4.02. The normalized spacial score (nSPS) is 18.1. The van der Waals surface area contributed by atoms with Gasteiger partial charge in [-0.1, -0.05) is 31.5 Å². The van der Waals surface area contributed by atoms with Gasteiger partial charge in [0, 0.05) is 5.56 Å². The van der Waals surface area contributed by atoms with Crippen molar-refractivity contribution in [2.45, 2.75) is 46.0 Å². The maximum atomic E-state index is 9.06. The highest BCUT2D eigenvalue weighted by Gasteiger charge is 2.16. The van der Waals surface area contributed by atoms with Gasteiger partial charge in [0.1, 0.15) is 5.75 Å². The van der Waals surface area contributed by atoms with E-state index in [0.29, 0.717) is 5.92 Å². The molecule has 1 atom stereocenters. The van der Waals surface area contributed by atoms with Crippen molar-refractivity contribution < 1.29 is 9.94 Å². The fourth-order valence-corrected chi connectivity index (χ4v) is 2.63. The molecular formula is C16H23NO2. The van der Waals surface area contributed by atoms with E-state index in [2.05, 4.69) is 25.1 Å². The van der Waals surface area contributed by atoms with Crippen LogP contribution in [-0.2, 0) is 6.42 Å². The van der Waals surface area contributed by atoms with Gasteiger partial charge in [-0.2, -0.15) is 0 Å². The number of aryl methyl sites for hydroxylation is 1. The van der Waals surface area contributed by atoms with E-state index in [0.717, 1.165) is 42.9 Å². The Labute approximate surface area is 115 Å². The number of nitrogens with zero attached hydrogens (tertiary/aromatic N) is 1. The van der Waals surface area contributed by atoms with Gasteiger partial charge in [-0.15, -0.1) is 0 Å². The molecule has 19 heavy (non-hydrogen) atoms. The molecule has 0 spiro atoms. The smallest absolute Gasteiger partial charge is 0.119 e. The lowest BCUT2D eigenvalue weighted by atomic mass is 9.90. The molecule has 1 aliphatic rings. The molecule has 104 valence electrons. The molecule has 1 N–H and O–H groups in total. The Morgan fingerprint density at radius 3 is 2.95 bits per heavy atom. The van der Waals surface area contributed by atoms with Gasteiger partial charge in [-0.05, 0) is 49.3 Å². The molecule has 0 heterocycles. The number of rotatable bonds is 5. The molecule has 1 aliphatic carbocycles. The van der Waals surface area contributed by atoms with Gasteiger partial charge in [-0.3, -0.25) is 0 Å². The summed E-state index contributed by atoms with van der Waals surface area (Å²) < 4.78 is 5.84. The van der Waals surface area contributed by atoms with Crippen molar-refractivity contribution in [3.63, 3.8) is 0 Å². The Morgan fingerprint density at radius 2 is 2.21 bits per heavy atom. The Morgan fingerprint density at radius 1 is 1.37 bits per heavy atom. The van der Waals surface area contributed by atoms with E-state index in [4.69, 9.17) is 9.94 Å². The summed E-state index contributed by atoms with van der Waals surface area (Å²) in [4.78, 5) is 0. The summed E-state index contributed by atoms with van der Waals surface area (Å²) in [5.74, 6) is 1.46. The lowest BCUT2D eigenvalue weighted by Crippen LogP contribution is -2.13. The highest BCUT2D eigenvalue weighted by Crippen LogP contribution is 2.26. The van der Waals surface area contributed by atoms with E-state index < -0.39 is 0 Å². The van der Waals surface area contributed by atoms with Gasteiger partial charge in [0.05, 0.1) is 12.3 Å². The van der Waals surface area contributed by atoms with Crippen molar-refractivity contribution in [3.8, 4) is 5.75 Å². The molecule has 0 fully saturated rings. The SMILES string of the molecule is CCCC(C)COc1ccc2c(c1)/C(=N\O)CCC2. The molecule has 0 amide bonds. The van der Waals surface area contributed by atoms with Crippen LogP contribution >= 0.6 is 0 Å². The first-order valence-electron chi connectivity index (χ1n) is 7.21. The summed E-state index contributed by atoms with van der Waals surface area (Å²) in [6.07, 6.45) is 5.34. The van der Waals surface area contributed by atoms with E-state index in [1.54, 1.807) is 0 Å². The van der Waals surface area contributed by atoms with Crippen molar-refractivity contribution in [2.75, 3.05) is 6.61 Å². The average molecular weight is 261 g/mol. The summed E-state index contributed by atoms with van der Waals surface area (Å²) in [5.41, 5.74) is 3.09. The quantitative estimate of drug-likeness (QED) is 0.642. The summed E-state index contributed by atoms with van der Waals surface area (Å²) in [6.45, 7) is 5.15. The average Bonchev–Trinajstić information content (AvgIpc) is 2.44. The lowest BCUT2D eigenvalue weighted by molar-refractivity contribution is 0.251. The van der Waals surface area contributed by atoms with Crippen LogP contribution in [0.15, 0.2) is 23.4 Å². The topological polar surface area (TPSA) is 41.8 Å². The molecule has 0 radical (unpaired) electrons. The first kappa shape index (κ1) is 13.9. The molecule has 1 aromatic carbocycles. The second-order valence-electron chi connectivity index (χ2n) is 5.42. The Bertz CT molecular complexity index is 454. The standard InChI is InChI=1S/C16H23NO2/c1-3-5-12(2)11-19-14-9-8-13-6-4-7-16(17-18)15(13)10-14/h8-10,12,18H,3-7,11H2,1-2H3/b17-16-. The molecular weight excluding hydrogens is 238 g/mol. The predicted molar refractivity (Wildman–Crippen MR) is 77.3 cm³/mol. The molecule has 0 aliphatic heterocycles. The van der Waals surface area contributed by atoms with Gasteiger partial charge >= 0.3 is 0 Å². The zero-order valence-corrected chi connectivity index (χ0v) is 11.9. The highest BCUT2D eigenvalue weighted by molar-refractivity contribution is 6.02. The minimum Gasteiger partial charge on any atom is -0.493 e. The van der Waals surface area contributed by atoms with Gasteiger partial charge in [0.15, 0.2) is 0 Å². The maximum Gasteiger partial charge on any atom is 0.119 e. The van der Waals surface area contributed by atoms with Crippen LogP contribution in [0.1, 0.15) is 50.7 Å². The van der Waals surface area contributed by atoms with Crippen molar-refractivity contribution >= 4 is 5.71 Å². The Kier molecular flexibility index (Phi) is 4.83. The largest absolute Gasteiger partial charge is 0.493 e. The molecule has 3 heteroatoms. The van der Waals surface area contributed by atoms with Gasteiger partial charge in [-0.25, -0.2) is 0 Å². The van der Waals surface area contributed by atoms with Gasteiger partial charge in [0.25, 0.3) is 0 Å². The molecule has 1 unspecified atom stereocenters. The molecule has 0 bridgehead atoms. The maximum absolute atomic E-state index is 9.06. The molecule has 2 rings (SSSR count). The molecule has 0 saturated carbocycles. The van der Waals surface area contributed by atoms with E-state index in [9.17, 15) is 0 Å². The summed E-state index contributed by atoms with van der Waals surface area (Å²) in [5, 5.41) is 12.5. The third kappa shape index (κ3) is 3.49. The Balaban J connectivity index is 2.07. The van der Waals surface area contributed by atoms with Crippen LogP contribution in [0.4, 0.5) is 0 Å². The van der Waals surface area contributed by atoms with Crippen molar-refractivity contribution in [3.05, 3.63) is 29.3 Å². The van der Waals surface area contributed by atoms with Crippen LogP contribution in [0.5, 0.6) is 5.75 Å². The van der Waals surface area contributed by atoms with E-state index in [-0.39, 0.29) is 0 Å². The van der Waals surface area contributed by atoms with Crippen molar-refractivity contribution in [1.82, 2.24) is 0 Å². The first-order chi connectivity index (χ1) is 9.24. The number of hydrogen-bond donors (Lipinski definition) is 1. The number of ether oxygens (including phenoxy) is 1. The van der Waals surface area contributed by atoms with Crippen LogP contribution in [0, 0.1) is 5.92 Å². The van der Waals surface area contributed by atoms with Crippen LogP contribution in [0.2, 0.25) is 0 Å². The third-order valence-electron chi connectivity index (χ3n) is 3.69. The first-order valence-corrected chi connectivity index (χ1v) is 7.21. The van der Waals surface area contributed by atoms with E-state index >= 15 is 0 Å². The van der Waals surface area contributed by atoms with Gasteiger partial charge in [0.2, 0.25) is 0 Å². The summed E-state index contributed by atoms with van der Waals surface area (Å²) >= 11 is 0. The molecule has 3 nitrogen and oxygen atoms in total. The van der Waals surface area contributed by atoms with Crippen LogP contribution in [-0.4, -0.2) is 17.5 Å². The van der Waals surface area contributed by atoms with Crippen LogP contribution in [0.3, 0.4) is 0 Å². The van der Waals surface area contributed by atoms with Crippen molar-refractivity contribution in [2.24, 2.45) is 11.1 Å². The summed E-state index contributed by atoms with van der Waals surface area (Å²) in [6, 6.07) is 6.14. The monoisotopic (exact) mass is 261 g/mol. The van der Waals surface area contributed by atoms with E-state index in [1.165, 1.54) is 18.4 Å². The second kappa shape index (κ2) is 6.60. The van der Waals surface area contributed by atoms with E-state index in [1.807, 2.05) is 12.1 Å². The fourth-order valence-electron chi connectivity index (χ4n) is 2.63. The molecule has 0 saturated heterocycles. The minimum atomic E-state index is 0.576. The van der Waals surface area contributed by atoms with Crippen LogP contribution < -0.4 is 4.74 Å². The second-order valence-corrected chi connectivity index (χ2v) is 5.42. The zero-order chi connectivity index (χ0) is 13.7.